The highest BCUT2D eigenvalue weighted by molar-refractivity contribution is 5.95. The predicted molar refractivity (Wildman–Crippen MR) is 83.0 cm³/mol. The first-order valence-corrected chi connectivity index (χ1v) is 6.87. The molecule has 0 unspecified atom stereocenters. The molecular weight excluding hydrogens is 303 g/mol. The largest absolute Gasteiger partial charge is 0.465 e. The molecule has 0 aliphatic heterocycles. The van der Waals surface area contributed by atoms with Gasteiger partial charge in [-0.2, -0.15) is 0 Å². The van der Waals surface area contributed by atoms with Gasteiger partial charge in [-0.25, -0.2) is 9.18 Å². The van der Waals surface area contributed by atoms with Crippen molar-refractivity contribution < 1.29 is 18.8 Å². The number of halogens is 1. The van der Waals surface area contributed by atoms with Crippen LogP contribution < -0.4 is 5.32 Å². The molecular formula is C16H15FN2O4. The molecule has 0 heterocycles. The van der Waals surface area contributed by atoms with Crippen molar-refractivity contribution in [3.63, 3.8) is 0 Å². The van der Waals surface area contributed by atoms with Crippen LogP contribution in [0.3, 0.4) is 0 Å². The maximum absolute atomic E-state index is 13.5. The van der Waals surface area contributed by atoms with E-state index in [1.807, 2.05) is 0 Å². The Morgan fingerprint density at radius 3 is 2.70 bits per heavy atom. The Morgan fingerprint density at radius 2 is 2.04 bits per heavy atom. The summed E-state index contributed by atoms with van der Waals surface area (Å²) in [6.07, 6.45) is 0.442. The first kappa shape index (κ1) is 16.4. The van der Waals surface area contributed by atoms with Gasteiger partial charge in [0.1, 0.15) is 11.4 Å². The normalized spacial score (nSPS) is 10.2. The number of nitrogens with one attached hydrogen (secondary N) is 1. The van der Waals surface area contributed by atoms with Crippen molar-refractivity contribution in [1.29, 1.82) is 0 Å². The number of methoxy groups -OCH3 is 1. The topological polar surface area (TPSA) is 81.5 Å². The minimum absolute atomic E-state index is 0.131. The molecule has 0 atom stereocenters. The van der Waals surface area contributed by atoms with Crippen LogP contribution in [0.1, 0.15) is 15.9 Å². The molecule has 1 N–H and O–H groups in total. The molecule has 120 valence electrons. The van der Waals surface area contributed by atoms with Gasteiger partial charge in [-0.15, -0.1) is 0 Å². The van der Waals surface area contributed by atoms with Crippen LogP contribution in [0.2, 0.25) is 0 Å². The lowest BCUT2D eigenvalue weighted by Crippen LogP contribution is -2.09. The lowest BCUT2D eigenvalue weighted by molar-refractivity contribution is -0.385. The average molecular weight is 318 g/mol. The number of carbonyl (C=O) groups excluding carboxylic acids is 1. The van der Waals surface area contributed by atoms with E-state index >= 15 is 0 Å². The highest BCUT2D eigenvalue weighted by Crippen LogP contribution is 2.23. The predicted octanol–water partition coefficient (Wildman–Crippen LogP) is 3.18. The number of hydrogen-bond acceptors (Lipinski definition) is 5. The number of benzene rings is 2. The van der Waals surface area contributed by atoms with Crippen molar-refractivity contribution in [2.75, 3.05) is 19.0 Å². The van der Waals surface area contributed by atoms with Crippen molar-refractivity contribution >= 4 is 17.3 Å². The van der Waals surface area contributed by atoms with Crippen LogP contribution in [0.4, 0.5) is 15.8 Å². The molecule has 7 heteroatoms. The number of esters is 1. The van der Waals surface area contributed by atoms with Gasteiger partial charge in [-0.3, -0.25) is 10.1 Å². The van der Waals surface area contributed by atoms with Crippen molar-refractivity contribution in [2.45, 2.75) is 6.42 Å². The Kier molecular flexibility index (Phi) is 5.24. The number of nitrogens with zero attached hydrogens (tertiary/aromatic N) is 1. The first-order valence-electron chi connectivity index (χ1n) is 6.87. The molecule has 0 bridgehead atoms. The smallest absolute Gasteiger partial charge is 0.344 e. The maximum Gasteiger partial charge on any atom is 0.344 e. The molecule has 23 heavy (non-hydrogen) atoms. The summed E-state index contributed by atoms with van der Waals surface area (Å²) in [6, 6.07) is 10.5. The second-order valence-corrected chi connectivity index (χ2v) is 4.75. The summed E-state index contributed by atoms with van der Waals surface area (Å²) in [6.45, 7) is 0.416. The third kappa shape index (κ3) is 4.03. The number of nitro benzene ring substituents is 1. The van der Waals surface area contributed by atoms with Gasteiger partial charge in [0, 0.05) is 18.3 Å². The summed E-state index contributed by atoms with van der Waals surface area (Å²) in [5.74, 6) is -1.07. The van der Waals surface area contributed by atoms with Crippen LogP contribution in [0.5, 0.6) is 0 Å². The second kappa shape index (κ2) is 7.35. The summed E-state index contributed by atoms with van der Waals surface area (Å²) in [5.41, 5.74) is 0.632. The average Bonchev–Trinajstić information content (AvgIpc) is 2.55. The zero-order chi connectivity index (χ0) is 16.8. The Balaban J connectivity index is 2.10. The van der Waals surface area contributed by atoms with Crippen LogP contribution in [-0.4, -0.2) is 24.5 Å². The summed E-state index contributed by atoms with van der Waals surface area (Å²) in [4.78, 5) is 21.9. The summed E-state index contributed by atoms with van der Waals surface area (Å²) in [7, 11) is 1.16. The van der Waals surface area contributed by atoms with Crippen LogP contribution in [-0.2, 0) is 11.2 Å². The van der Waals surface area contributed by atoms with Gasteiger partial charge in [-0.05, 0) is 30.2 Å². The SMILES string of the molecule is COC(=O)c1cc(NCCc2ccccc2F)ccc1[N+](=O)[O-]. The van der Waals surface area contributed by atoms with Gasteiger partial charge >= 0.3 is 5.97 Å². The molecule has 2 aromatic carbocycles. The molecule has 6 nitrogen and oxygen atoms in total. The summed E-state index contributed by atoms with van der Waals surface area (Å²) in [5, 5.41) is 13.9. The Bertz CT molecular complexity index is 734. The Morgan fingerprint density at radius 1 is 1.30 bits per heavy atom. The van der Waals surface area contributed by atoms with E-state index in [1.165, 1.54) is 24.3 Å². The quantitative estimate of drug-likeness (QED) is 0.502. The highest BCUT2D eigenvalue weighted by atomic mass is 19.1. The molecule has 2 rings (SSSR count). The third-order valence-electron chi connectivity index (χ3n) is 3.28. The number of carbonyl (C=O) groups is 1. The van der Waals surface area contributed by atoms with Crippen molar-refractivity contribution in [1.82, 2.24) is 0 Å². The van der Waals surface area contributed by atoms with E-state index in [0.29, 0.717) is 24.2 Å². The molecule has 0 aromatic heterocycles. The minimum atomic E-state index is -0.783. The molecule has 0 radical (unpaired) electrons. The van der Waals surface area contributed by atoms with E-state index in [1.54, 1.807) is 18.2 Å². The zero-order valence-corrected chi connectivity index (χ0v) is 12.4. The van der Waals surface area contributed by atoms with Crippen LogP contribution >= 0.6 is 0 Å². The standard InChI is InChI=1S/C16H15FN2O4/c1-23-16(20)13-10-12(6-7-15(13)19(21)22)18-9-8-11-4-2-3-5-14(11)17/h2-7,10,18H,8-9H2,1H3. The van der Waals surface area contributed by atoms with Crippen molar-refractivity contribution in [3.8, 4) is 0 Å². The molecule has 0 aliphatic carbocycles. The van der Waals surface area contributed by atoms with Gasteiger partial charge in [0.2, 0.25) is 0 Å². The molecule has 0 saturated carbocycles. The van der Waals surface area contributed by atoms with Crippen molar-refractivity contribution in [3.05, 3.63) is 69.5 Å². The number of rotatable bonds is 6. The zero-order valence-electron chi connectivity index (χ0n) is 12.4. The van der Waals surface area contributed by atoms with E-state index in [4.69, 9.17) is 0 Å². The molecule has 0 fully saturated rings. The Labute approximate surface area is 132 Å². The fraction of sp³-hybridized carbons (Fsp3) is 0.188. The van der Waals surface area contributed by atoms with E-state index in [2.05, 4.69) is 10.1 Å². The van der Waals surface area contributed by atoms with Gasteiger partial charge in [-0.1, -0.05) is 18.2 Å². The number of hydrogen-bond donors (Lipinski definition) is 1. The Hall–Kier alpha value is -2.96. The van der Waals surface area contributed by atoms with E-state index in [9.17, 15) is 19.3 Å². The number of ether oxygens (including phenoxy) is 1. The minimum Gasteiger partial charge on any atom is -0.465 e. The van der Waals surface area contributed by atoms with Gasteiger partial charge in [0.05, 0.1) is 12.0 Å². The van der Waals surface area contributed by atoms with Crippen LogP contribution in [0.25, 0.3) is 0 Å². The van der Waals surface area contributed by atoms with Gasteiger partial charge in [0.15, 0.2) is 0 Å². The van der Waals surface area contributed by atoms with Crippen molar-refractivity contribution in [2.24, 2.45) is 0 Å². The van der Waals surface area contributed by atoms with Crippen LogP contribution in [0, 0.1) is 15.9 Å². The molecule has 0 spiro atoms. The molecule has 0 aliphatic rings. The molecule has 2 aromatic rings. The fourth-order valence-corrected chi connectivity index (χ4v) is 2.12. The number of nitro groups is 1. The fourth-order valence-electron chi connectivity index (χ4n) is 2.12. The first-order chi connectivity index (χ1) is 11.0. The maximum atomic E-state index is 13.5. The lowest BCUT2D eigenvalue weighted by atomic mass is 10.1. The monoisotopic (exact) mass is 318 g/mol. The van der Waals surface area contributed by atoms with Gasteiger partial charge in [0.25, 0.3) is 5.69 Å². The molecule has 0 saturated heterocycles. The second-order valence-electron chi connectivity index (χ2n) is 4.75. The van der Waals surface area contributed by atoms with E-state index in [-0.39, 0.29) is 17.1 Å². The third-order valence-corrected chi connectivity index (χ3v) is 3.28. The summed E-state index contributed by atoms with van der Waals surface area (Å²) >= 11 is 0. The van der Waals surface area contributed by atoms with E-state index < -0.39 is 10.9 Å². The number of anilines is 1. The summed E-state index contributed by atoms with van der Waals surface area (Å²) < 4.78 is 18.1. The van der Waals surface area contributed by atoms with E-state index in [0.717, 1.165) is 7.11 Å². The molecule has 0 amide bonds. The lowest BCUT2D eigenvalue weighted by Gasteiger charge is -2.09. The highest BCUT2D eigenvalue weighted by Gasteiger charge is 2.21. The van der Waals surface area contributed by atoms with Crippen LogP contribution in [0.15, 0.2) is 42.5 Å². The van der Waals surface area contributed by atoms with Gasteiger partial charge < -0.3 is 10.1 Å².